The van der Waals surface area contributed by atoms with Crippen molar-refractivity contribution in [1.82, 2.24) is 9.80 Å². The van der Waals surface area contributed by atoms with Gasteiger partial charge in [0.1, 0.15) is 5.60 Å². The van der Waals surface area contributed by atoms with E-state index in [4.69, 9.17) is 4.74 Å². The second-order valence-corrected chi connectivity index (χ2v) is 8.74. The van der Waals surface area contributed by atoms with Crippen LogP contribution in [0.2, 0.25) is 0 Å². The van der Waals surface area contributed by atoms with Gasteiger partial charge in [-0.2, -0.15) is 0 Å². The Morgan fingerprint density at radius 3 is 2.42 bits per heavy atom. The Morgan fingerprint density at radius 2 is 1.85 bits per heavy atom. The molecule has 1 heterocycles. The average Bonchev–Trinajstić information content (AvgIpc) is 2.65. The number of carbonyl (C=O) groups is 1. The summed E-state index contributed by atoms with van der Waals surface area (Å²) in [6, 6.07) is 10.5. The Morgan fingerprint density at radius 1 is 1.19 bits per heavy atom. The fraction of sp³-hybridized carbons (Fsp3) is 0.667. The largest absolute Gasteiger partial charge is 0.444 e. The van der Waals surface area contributed by atoms with Gasteiger partial charge in [0.25, 0.3) is 0 Å². The molecule has 26 heavy (non-hydrogen) atoms. The van der Waals surface area contributed by atoms with Crippen molar-refractivity contribution in [3.05, 3.63) is 35.9 Å². The molecule has 1 amide bonds. The molecule has 0 spiro atoms. The molecule has 0 aliphatic carbocycles. The van der Waals surface area contributed by atoms with Gasteiger partial charge in [-0.3, -0.25) is 4.90 Å². The molecule has 1 aliphatic rings. The summed E-state index contributed by atoms with van der Waals surface area (Å²) in [6.45, 7) is 12.2. The second kappa shape index (κ2) is 8.87. The number of aliphatic hydroxyl groups is 1. The van der Waals surface area contributed by atoms with E-state index in [0.29, 0.717) is 25.6 Å². The smallest absolute Gasteiger partial charge is 0.410 e. The molecule has 0 bridgehead atoms. The number of nitrogens with zero attached hydrogens (tertiary/aromatic N) is 2. The monoisotopic (exact) mass is 362 g/mol. The van der Waals surface area contributed by atoms with Crippen molar-refractivity contribution < 1.29 is 14.6 Å². The minimum atomic E-state index is -0.580. The average molecular weight is 363 g/mol. The van der Waals surface area contributed by atoms with E-state index in [9.17, 15) is 9.90 Å². The van der Waals surface area contributed by atoms with Crippen LogP contribution >= 0.6 is 0 Å². The molecule has 1 saturated heterocycles. The van der Waals surface area contributed by atoms with Crippen molar-refractivity contribution in [2.75, 3.05) is 19.6 Å². The third-order valence-corrected chi connectivity index (χ3v) is 4.45. The predicted molar refractivity (Wildman–Crippen MR) is 104 cm³/mol. The fourth-order valence-electron chi connectivity index (χ4n) is 3.43. The van der Waals surface area contributed by atoms with E-state index in [2.05, 4.69) is 30.9 Å². The van der Waals surface area contributed by atoms with Crippen molar-refractivity contribution in [3.63, 3.8) is 0 Å². The molecule has 2 atom stereocenters. The van der Waals surface area contributed by atoms with Gasteiger partial charge in [-0.05, 0) is 38.7 Å². The Bertz CT molecular complexity index is 568. The summed E-state index contributed by atoms with van der Waals surface area (Å²) in [5, 5.41) is 10.5. The minimum absolute atomic E-state index is 0.194. The van der Waals surface area contributed by atoms with Gasteiger partial charge in [-0.1, -0.05) is 44.2 Å². The van der Waals surface area contributed by atoms with Crippen LogP contribution < -0.4 is 0 Å². The summed E-state index contributed by atoms with van der Waals surface area (Å²) < 4.78 is 5.55. The number of rotatable bonds is 4. The van der Waals surface area contributed by atoms with Crippen molar-refractivity contribution in [2.24, 2.45) is 5.92 Å². The first-order valence-corrected chi connectivity index (χ1v) is 9.58. The van der Waals surface area contributed by atoms with Crippen molar-refractivity contribution in [2.45, 2.75) is 65.3 Å². The van der Waals surface area contributed by atoms with E-state index in [1.165, 1.54) is 5.56 Å². The molecule has 1 N–H and O–H groups in total. The standard InChI is InChI=1S/C21H34N2O3/c1-16(2)11-18-13-23(20(25)26-21(3,4)5)15-19(24)14-22(18)12-17-9-7-6-8-10-17/h6-10,16,18-19,24H,11-15H2,1-5H3/t18-,19+/m1/s1. The summed E-state index contributed by atoms with van der Waals surface area (Å²) in [7, 11) is 0. The molecule has 2 rings (SSSR count). The number of hydrogen-bond donors (Lipinski definition) is 1. The number of aliphatic hydroxyl groups excluding tert-OH is 1. The minimum Gasteiger partial charge on any atom is -0.444 e. The molecular formula is C21H34N2O3. The summed E-state index contributed by atoms with van der Waals surface area (Å²) in [5.74, 6) is 0.508. The van der Waals surface area contributed by atoms with Gasteiger partial charge in [0.05, 0.1) is 12.6 Å². The number of β-amino-alcohol motifs (C(OH)–C–C–N with tert-alkyl or cyclic N) is 1. The third-order valence-electron chi connectivity index (χ3n) is 4.45. The Kier molecular flexibility index (Phi) is 7.07. The molecule has 1 aliphatic heterocycles. The number of amides is 1. The first-order valence-electron chi connectivity index (χ1n) is 9.58. The van der Waals surface area contributed by atoms with E-state index in [1.54, 1.807) is 4.90 Å². The molecule has 5 nitrogen and oxygen atoms in total. The van der Waals surface area contributed by atoms with E-state index in [-0.39, 0.29) is 12.1 Å². The highest BCUT2D eigenvalue weighted by molar-refractivity contribution is 5.68. The van der Waals surface area contributed by atoms with Crippen LogP contribution in [0.4, 0.5) is 4.79 Å². The van der Waals surface area contributed by atoms with E-state index in [1.807, 2.05) is 39.0 Å². The zero-order valence-electron chi connectivity index (χ0n) is 16.8. The lowest BCUT2D eigenvalue weighted by atomic mass is 10.0. The molecule has 0 unspecified atom stereocenters. The van der Waals surface area contributed by atoms with E-state index >= 15 is 0 Å². The van der Waals surface area contributed by atoms with Crippen LogP contribution in [-0.2, 0) is 11.3 Å². The third kappa shape index (κ3) is 6.61. The van der Waals surface area contributed by atoms with Gasteiger partial charge in [0.15, 0.2) is 0 Å². The molecule has 1 fully saturated rings. The molecule has 0 saturated carbocycles. The van der Waals surface area contributed by atoms with Crippen LogP contribution in [0.15, 0.2) is 30.3 Å². The van der Waals surface area contributed by atoms with Gasteiger partial charge >= 0.3 is 6.09 Å². The van der Waals surface area contributed by atoms with Gasteiger partial charge in [0.2, 0.25) is 0 Å². The van der Waals surface area contributed by atoms with E-state index in [0.717, 1.165) is 13.0 Å². The quantitative estimate of drug-likeness (QED) is 0.890. The van der Waals surface area contributed by atoms with Crippen LogP contribution in [-0.4, -0.2) is 58.4 Å². The first kappa shape index (κ1) is 20.7. The highest BCUT2D eigenvalue weighted by Gasteiger charge is 2.33. The number of ether oxygens (including phenoxy) is 1. The Labute approximate surface area is 157 Å². The second-order valence-electron chi connectivity index (χ2n) is 8.74. The van der Waals surface area contributed by atoms with Crippen LogP contribution in [0.1, 0.15) is 46.6 Å². The van der Waals surface area contributed by atoms with Gasteiger partial charge in [-0.25, -0.2) is 4.79 Å². The van der Waals surface area contributed by atoms with Crippen LogP contribution in [0.3, 0.4) is 0 Å². The molecular weight excluding hydrogens is 328 g/mol. The predicted octanol–water partition coefficient (Wildman–Crippen LogP) is 3.51. The maximum atomic E-state index is 12.6. The lowest BCUT2D eigenvalue weighted by molar-refractivity contribution is 0.0171. The van der Waals surface area contributed by atoms with Crippen molar-refractivity contribution >= 4 is 6.09 Å². The molecule has 0 aromatic heterocycles. The molecule has 5 heteroatoms. The fourth-order valence-corrected chi connectivity index (χ4v) is 3.43. The number of benzene rings is 1. The zero-order chi connectivity index (χ0) is 19.3. The topological polar surface area (TPSA) is 53.0 Å². The van der Waals surface area contributed by atoms with Crippen LogP contribution in [0.25, 0.3) is 0 Å². The lowest BCUT2D eigenvalue weighted by Gasteiger charge is -2.33. The van der Waals surface area contributed by atoms with Gasteiger partial charge < -0.3 is 14.7 Å². The normalized spacial score (nSPS) is 22.3. The maximum absolute atomic E-state index is 12.6. The summed E-state index contributed by atoms with van der Waals surface area (Å²) in [5.41, 5.74) is 0.685. The number of carbonyl (C=O) groups excluding carboxylic acids is 1. The van der Waals surface area contributed by atoms with Crippen LogP contribution in [0.5, 0.6) is 0 Å². The Balaban J connectivity index is 2.17. The SMILES string of the molecule is CC(C)C[C@@H]1CN(C(=O)OC(C)(C)C)C[C@@H](O)CN1Cc1ccccc1. The summed E-state index contributed by atoms with van der Waals surface area (Å²) >= 11 is 0. The highest BCUT2D eigenvalue weighted by Crippen LogP contribution is 2.21. The molecule has 1 aromatic carbocycles. The highest BCUT2D eigenvalue weighted by atomic mass is 16.6. The number of hydrogen-bond acceptors (Lipinski definition) is 4. The summed E-state index contributed by atoms with van der Waals surface area (Å²) in [6.07, 6.45) is 0.0500. The molecule has 146 valence electrons. The zero-order valence-corrected chi connectivity index (χ0v) is 16.8. The van der Waals surface area contributed by atoms with Gasteiger partial charge in [0, 0.05) is 25.7 Å². The molecule has 0 radical (unpaired) electrons. The lowest BCUT2D eigenvalue weighted by Crippen LogP contribution is -2.44. The maximum Gasteiger partial charge on any atom is 0.410 e. The van der Waals surface area contributed by atoms with Crippen molar-refractivity contribution in [1.29, 1.82) is 0 Å². The first-order chi connectivity index (χ1) is 12.1. The summed E-state index contributed by atoms with van der Waals surface area (Å²) in [4.78, 5) is 16.6. The van der Waals surface area contributed by atoms with Crippen molar-refractivity contribution in [3.8, 4) is 0 Å². The Hall–Kier alpha value is -1.59. The van der Waals surface area contributed by atoms with Gasteiger partial charge in [-0.15, -0.1) is 0 Å². The molecule has 1 aromatic rings. The van der Waals surface area contributed by atoms with E-state index < -0.39 is 11.7 Å². The van der Waals surface area contributed by atoms with Crippen LogP contribution in [0, 0.1) is 5.92 Å².